The molecule has 4 rings (SSSR count). The van der Waals surface area contributed by atoms with E-state index in [-0.39, 0.29) is 30.3 Å². The molecule has 0 aliphatic heterocycles. The number of ether oxygens (including phenoxy) is 2. The number of hydrogen-bond acceptors (Lipinski definition) is 10. The number of carbonyl (C=O) groups excluding carboxylic acids is 1. The van der Waals surface area contributed by atoms with Gasteiger partial charge >= 0.3 is 13.1 Å². The molecule has 13 heteroatoms. The molecule has 2 aromatic heterocycles. The quantitative estimate of drug-likeness (QED) is 0.243. The van der Waals surface area contributed by atoms with Crippen LogP contribution in [-0.2, 0) is 17.9 Å². The number of nitrogens with two attached hydrogens (primary N) is 1. The van der Waals surface area contributed by atoms with Gasteiger partial charge in [0.05, 0.1) is 24.8 Å². The van der Waals surface area contributed by atoms with E-state index in [4.69, 9.17) is 15.2 Å². The summed E-state index contributed by atoms with van der Waals surface area (Å²) in [6.07, 6.45) is 0. The highest BCUT2D eigenvalue weighted by Crippen LogP contribution is 2.27. The lowest BCUT2D eigenvalue weighted by Crippen LogP contribution is -2.30. The molecule has 0 spiro atoms. The molecular formula is C21H22BN7O5. The van der Waals surface area contributed by atoms with Crippen LogP contribution in [0.3, 0.4) is 0 Å². The lowest BCUT2D eigenvalue weighted by Gasteiger charge is -2.11. The smallest absolute Gasteiger partial charge is 0.468 e. The zero-order valence-electron chi connectivity index (χ0n) is 18.5. The molecule has 5 N–H and O–H groups in total. The predicted molar refractivity (Wildman–Crippen MR) is 124 cm³/mol. The average Bonchev–Trinajstić information content (AvgIpc) is 3.22. The number of rotatable bonds is 9. The minimum atomic E-state index is -1.59. The number of primary amides is 1. The van der Waals surface area contributed by atoms with E-state index >= 15 is 0 Å². The van der Waals surface area contributed by atoms with Gasteiger partial charge in [-0.25, -0.2) is 4.57 Å². The molecule has 174 valence electrons. The average molecular weight is 463 g/mol. The Morgan fingerprint density at radius 1 is 1.12 bits per heavy atom. The van der Waals surface area contributed by atoms with Crippen LogP contribution in [0.2, 0.25) is 0 Å². The van der Waals surface area contributed by atoms with Crippen molar-refractivity contribution in [2.45, 2.75) is 13.2 Å². The van der Waals surface area contributed by atoms with Crippen molar-refractivity contribution in [2.24, 2.45) is 5.73 Å². The first-order valence-corrected chi connectivity index (χ1v) is 10.2. The molecule has 0 aliphatic carbocycles. The minimum Gasteiger partial charge on any atom is -0.468 e. The van der Waals surface area contributed by atoms with E-state index in [1.165, 1.54) is 7.11 Å². The monoisotopic (exact) mass is 463 g/mol. The van der Waals surface area contributed by atoms with Crippen molar-refractivity contribution in [3.8, 4) is 12.0 Å². The van der Waals surface area contributed by atoms with Crippen LogP contribution in [0.25, 0.3) is 17.0 Å². The van der Waals surface area contributed by atoms with E-state index in [1.807, 2.05) is 18.2 Å². The van der Waals surface area contributed by atoms with Gasteiger partial charge in [-0.1, -0.05) is 36.4 Å². The fraction of sp³-hybridized carbons (Fsp3) is 0.190. The molecule has 0 saturated heterocycles. The van der Waals surface area contributed by atoms with E-state index in [0.717, 1.165) is 11.1 Å². The van der Waals surface area contributed by atoms with Gasteiger partial charge < -0.3 is 30.6 Å². The van der Waals surface area contributed by atoms with Crippen LogP contribution in [0, 0.1) is 0 Å². The number of nitrogens with zero attached hydrogens (tertiary/aromatic N) is 5. The van der Waals surface area contributed by atoms with Gasteiger partial charge in [-0.05, 0) is 17.1 Å². The number of amides is 1. The Morgan fingerprint density at radius 3 is 2.62 bits per heavy atom. The first-order valence-electron chi connectivity index (χ1n) is 10.2. The normalized spacial score (nSPS) is 10.9. The van der Waals surface area contributed by atoms with Crippen molar-refractivity contribution >= 4 is 35.5 Å². The third kappa shape index (κ3) is 4.66. The van der Waals surface area contributed by atoms with Crippen LogP contribution in [0.15, 0.2) is 42.5 Å². The maximum Gasteiger partial charge on any atom is 0.488 e. The summed E-state index contributed by atoms with van der Waals surface area (Å²) < 4.78 is 12.3. The van der Waals surface area contributed by atoms with Crippen molar-refractivity contribution in [2.75, 3.05) is 19.5 Å². The van der Waals surface area contributed by atoms with Gasteiger partial charge in [-0.3, -0.25) is 4.79 Å². The van der Waals surface area contributed by atoms with Gasteiger partial charge in [-0.2, -0.15) is 19.9 Å². The number of carbonyl (C=O) groups is 1. The first kappa shape index (κ1) is 23.1. The van der Waals surface area contributed by atoms with E-state index < -0.39 is 13.0 Å². The first-order chi connectivity index (χ1) is 16.4. The molecule has 2 aromatic carbocycles. The number of methoxy groups -OCH3 is 2. The molecule has 0 saturated carbocycles. The Morgan fingerprint density at radius 2 is 1.91 bits per heavy atom. The van der Waals surface area contributed by atoms with E-state index in [0.29, 0.717) is 23.1 Å². The third-order valence-corrected chi connectivity index (χ3v) is 4.96. The fourth-order valence-corrected chi connectivity index (χ4v) is 3.44. The van der Waals surface area contributed by atoms with Crippen LogP contribution in [0.1, 0.15) is 21.7 Å². The predicted octanol–water partition coefficient (Wildman–Crippen LogP) is -0.244. The summed E-state index contributed by atoms with van der Waals surface area (Å²) in [4.78, 5) is 29.2. The number of fused-ring (bicyclic) bond motifs is 1. The molecular weight excluding hydrogens is 441 g/mol. The van der Waals surface area contributed by atoms with Crippen LogP contribution in [0.5, 0.6) is 6.01 Å². The second kappa shape index (κ2) is 9.83. The lowest BCUT2D eigenvalue weighted by atomic mass is 9.80. The van der Waals surface area contributed by atoms with Crippen LogP contribution < -0.4 is 21.3 Å². The molecule has 0 fully saturated rings. The van der Waals surface area contributed by atoms with Gasteiger partial charge in [0, 0.05) is 19.2 Å². The minimum absolute atomic E-state index is 0.0831. The number of imidazole rings is 1. The molecule has 2 heterocycles. The zero-order chi connectivity index (χ0) is 24.2. The van der Waals surface area contributed by atoms with Crippen molar-refractivity contribution < 1.29 is 24.3 Å². The number of nitrogens with one attached hydrogen (secondary N) is 1. The summed E-state index contributed by atoms with van der Waals surface area (Å²) >= 11 is 0. The molecule has 0 unspecified atom stereocenters. The second-order valence-electron chi connectivity index (χ2n) is 7.27. The summed E-state index contributed by atoms with van der Waals surface area (Å²) in [5.74, 6) is -0.907. The Hall–Kier alpha value is -4.07. The Kier molecular flexibility index (Phi) is 6.68. The number of para-hydroxylation sites is 1. The van der Waals surface area contributed by atoms with Crippen LogP contribution in [0.4, 0.5) is 5.95 Å². The highest BCUT2D eigenvalue weighted by Gasteiger charge is 2.20. The van der Waals surface area contributed by atoms with E-state index in [2.05, 4.69) is 25.3 Å². The van der Waals surface area contributed by atoms with Gasteiger partial charge in [0.15, 0.2) is 0 Å². The Balaban J connectivity index is 1.76. The molecule has 34 heavy (non-hydrogen) atoms. The number of anilines is 1. The molecule has 4 aromatic rings. The maximum atomic E-state index is 11.9. The van der Waals surface area contributed by atoms with Gasteiger partial charge in [0.25, 0.3) is 5.91 Å². The molecule has 0 bridgehead atoms. The van der Waals surface area contributed by atoms with Crippen LogP contribution in [-0.4, -0.2) is 61.8 Å². The standard InChI is InChI=1S/C21H22BN7O5/c1-33-11-13-6-4-8-15-16(13)25-21(34-2)29(15)20-27-18(17(23)30)26-19(28-20)24-10-12-5-3-7-14(9-12)22(31)32/h3-9,31-32H,10-11H2,1-2H3,(H2,23,30)(H,24,26,27,28). The zero-order valence-corrected chi connectivity index (χ0v) is 18.5. The highest BCUT2D eigenvalue weighted by atomic mass is 16.5. The molecule has 12 nitrogen and oxygen atoms in total. The second-order valence-corrected chi connectivity index (χ2v) is 7.27. The van der Waals surface area contributed by atoms with Crippen LogP contribution >= 0.6 is 0 Å². The summed E-state index contributed by atoms with van der Waals surface area (Å²) in [7, 11) is 1.47. The molecule has 0 radical (unpaired) electrons. The van der Waals surface area contributed by atoms with Gasteiger partial charge in [0.1, 0.15) is 0 Å². The third-order valence-electron chi connectivity index (χ3n) is 4.96. The fourth-order valence-electron chi connectivity index (χ4n) is 3.44. The number of hydrogen-bond donors (Lipinski definition) is 4. The number of benzene rings is 2. The Bertz CT molecular complexity index is 1340. The van der Waals surface area contributed by atoms with Crippen molar-refractivity contribution in [3.63, 3.8) is 0 Å². The Labute approximate surface area is 194 Å². The van der Waals surface area contributed by atoms with Crippen molar-refractivity contribution in [1.29, 1.82) is 0 Å². The summed E-state index contributed by atoms with van der Waals surface area (Å²) in [6.45, 7) is 0.581. The molecule has 0 atom stereocenters. The van der Waals surface area contributed by atoms with E-state index in [1.54, 1.807) is 35.9 Å². The van der Waals surface area contributed by atoms with Crippen molar-refractivity contribution in [1.82, 2.24) is 24.5 Å². The molecule has 0 aliphatic rings. The SMILES string of the molecule is COCc1cccc2c1nc(OC)n2-c1nc(NCc2cccc(B(O)O)c2)nc(C(N)=O)n1. The summed E-state index contributed by atoms with van der Waals surface area (Å²) in [6, 6.07) is 12.4. The lowest BCUT2D eigenvalue weighted by molar-refractivity contribution is 0.0990. The van der Waals surface area contributed by atoms with Gasteiger partial charge in [-0.15, -0.1) is 0 Å². The van der Waals surface area contributed by atoms with Crippen molar-refractivity contribution in [3.05, 3.63) is 59.4 Å². The highest BCUT2D eigenvalue weighted by molar-refractivity contribution is 6.58. The largest absolute Gasteiger partial charge is 0.488 e. The summed E-state index contributed by atoms with van der Waals surface area (Å²) in [5.41, 5.74) is 8.66. The van der Waals surface area contributed by atoms with E-state index in [9.17, 15) is 14.8 Å². The topological polar surface area (TPSA) is 171 Å². The number of aromatic nitrogens is 5. The van der Waals surface area contributed by atoms with Gasteiger partial charge in [0.2, 0.25) is 17.7 Å². The summed E-state index contributed by atoms with van der Waals surface area (Å²) in [5, 5.41) is 21.8. The maximum absolute atomic E-state index is 11.9. The molecule has 1 amide bonds.